The maximum Gasteiger partial charge on any atom is 0.408 e. The van der Waals surface area contributed by atoms with Gasteiger partial charge in [0.05, 0.1) is 6.61 Å². The monoisotopic (exact) mass is 492 g/mol. The topological polar surface area (TPSA) is 134 Å². The first-order chi connectivity index (χ1) is 17.4. The lowest BCUT2D eigenvalue weighted by Gasteiger charge is -2.22. The maximum absolute atomic E-state index is 12.9. The molecule has 0 saturated heterocycles. The van der Waals surface area contributed by atoms with Crippen molar-refractivity contribution in [3.63, 3.8) is 0 Å². The molecule has 2 amide bonds. The Morgan fingerprint density at radius 1 is 0.694 bits per heavy atom. The van der Waals surface area contributed by atoms with Crippen molar-refractivity contribution in [2.45, 2.75) is 31.7 Å². The van der Waals surface area contributed by atoms with Crippen LogP contribution in [-0.4, -0.2) is 46.9 Å². The summed E-state index contributed by atoms with van der Waals surface area (Å²) in [5.74, 6) is -1.41. The fraction of sp³-hybridized carbons (Fsp3) is 0.222. The normalized spacial score (nSPS) is 12.1. The van der Waals surface area contributed by atoms with Crippen molar-refractivity contribution < 1.29 is 34.1 Å². The van der Waals surface area contributed by atoms with Gasteiger partial charge < -0.3 is 30.3 Å². The fourth-order valence-electron chi connectivity index (χ4n) is 3.26. The largest absolute Gasteiger partial charge is 0.508 e. The molecule has 0 aliphatic carbocycles. The van der Waals surface area contributed by atoms with Crippen LogP contribution in [0.2, 0.25) is 0 Å². The van der Waals surface area contributed by atoms with Crippen LogP contribution in [0.3, 0.4) is 0 Å². The van der Waals surface area contributed by atoms with Gasteiger partial charge in [-0.1, -0.05) is 72.8 Å². The Labute approximate surface area is 208 Å². The highest BCUT2D eigenvalue weighted by Gasteiger charge is 2.28. The summed E-state index contributed by atoms with van der Waals surface area (Å²) in [4.78, 5) is 37.8. The minimum atomic E-state index is -1.35. The van der Waals surface area contributed by atoms with Crippen LogP contribution < -0.4 is 10.6 Å². The standard InChI is InChI=1S/C27H28N2O7/c30-16-24(29-27(34)36-18-21-9-5-2-6-10-21)25(32)28-23(15-19-11-13-22(31)14-12-19)26(33)35-17-20-7-3-1-4-8-20/h1-14,23-24,30-31H,15-18H2,(H,28,32)(H,29,34)/t23-,24+/m0/s1. The quantitative estimate of drug-likeness (QED) is 0.302. The minimum Gasteiger partial charge on any atom is -0.508 e. The summed E-state index contributed by atoms with van der Waals surface area (Å²) in [6.45, 7) is -0.714. The Hall–Kier alpha value is -4.37. The lowest BCUT2D eigenvalue weighted by atomic mass is 10.1. The number of amides is 2. The van der Waals surface area contributed by atoms with Crippen molar-refractivity contribution in [1.82, 2.24) is 10.6 Å². The number of hydrogen-bond acceptors (Lipinski definition) is 7. The van der Waals surface area contributed by atoms with E-state index in [9.17, 15) is 24.6 Å². The van der Waals surface area contributed by atoms with Crippen LogP contribution in [0, 0.1) is 0 Å². The van der Waals surface area contributed by atoms with E-state index < -0.39 is 36.7 Å². The molecule has 0 bridgehead atoms. The molecule has 0 aromatic heterocycles. The van der Waals surface area contributed by atoms with Gasteiger partial charge in [-0.3, -0.25) is 4.79 Å². The van der Waals surface area contributed by atoms with E-state index in [1.807, 2.05) is 24.3 Å². The lowest BCUT2D eigenvalue weighted by Crippen LogP contribution is -2.54. The van der Waals surface area contributed by atoms with Crippen LogP contribution in [0.15, 0.2) is 84.9 Å². The highest BCUT2D eigenvalue weighted by molar-refractivity contribution is 5.89. The number of phenolic OH excluding ortho intramolecular Hbond substituents is 1. The van der Waals surface area contributed by atoms with E-state index in [-0.39, 0.29) is 25.4 Å². The van der Waals surface area contributed by atoms with Crippen molar-refractivity contribution in [3.05, 3.63) is 102 Å². The summed E-state index contributed by atoms with van der Waals surface area (Å²) in [5, 5.41) is 24.0. The predicted octanol–water partition coefficient (Wildman–Crippen LogP) is 2.45. The fourth-order valence-corrected chi connectivity index (χ4v) is 3.26. The second kappa shape index (κ2) is 13.5. The SMILES string of the molecule is O=C(N[C@H](CO)C(=O)N[C@@H](Cc1ccc(O)cc1)C(=O)OCc1ccccc1)OCc1ccccc1. The molecule has 3 aromatic rings. The van der Waals surface area contributed by atoms with Crippen molar-refractivity contribution >= 4 is 18.0 Å². The molecule has 4 N–H and O–H groups in total. The number of benzene rings is 3. The van der Waals surface area contributed by atoms with Crippen LogP contribution in [0.25, 0.3) is 0 Å². The van der Waals surface area contributed by atoms with E-state index in [1.54, 1.807) is 48.5 Å². The Morgan fingerprint density at radius 2 is 1.25 bits per heavy atom. The van der Waals surface area contributed by atoms with Gasteiger partial charge in [-0.25, -0.2) is 9.59 Å². The van der Waals surface area contributed by atoms with Gasteiger partial charge in [0.25, 0.3) is 0 Å². The molecule has 3 aromatic carbocycles. The Morgan fingerprint density at radius 3 is 1.81 bits per heavy atom. The second-order valence-electron chi connectivity index (χ2n) is 7.97. The Kier molecular flexibility index (Phi) is 9.84. The van der Waals surface area contributed by atoms with Crippen LogP contribution >= 0.6 is 0 Å². The average Bonchev–Trinajstić information content (AvgIpc) is 2.91. The number of aromatic hydroxyl groups is 1. The summed E-state index contributed by atoms with van der Waals surface area (Å²) in [5.41, 5.74) is 2.19. The number of ether oxygens (including phenoxy) is 2. The van der Waals surface area contributed by atoms with Gasteiger partial charge in [0, 0.05) is 6.42 Å². The number of carbonyl (C=O) groups excluding carboxylic acids is 3. The number of aliphatic hydroxyl groups is 1. The van der Waals surface area contributed by atoms with E-state index in [1.165, 1.54) is 12.1 Å². The molecule has 0 fully saturated rings. The molecular formula is C27H28N2O7. The molecule has 188 valence electrons. The zero-order valence-corrected chi connectivity index (χ0v) is 19.5. The Bertz CT molecular complexity index is 1120. The first kappa shape index (κ1) is 26.2. The molecule has 9 nitrogen and oxygen atoms in total. The van der Waals surface area contributed by atoms with Gasteiger partial charge >= 0.3 is 12.1 Å². The third-order valence-corrected chi connectivity index (χ3v) is 5.20. The average molecular weight is 493 g/mol. The number of phenols is 1. The zero-order chi connectivity index (χ0) is 25.8. The highest BCUT2D eigenvalue weighted by atomic mass is 16.5. The van der Waals surface area contributed by atoms with Gasteiger partial charge in [-0.15, -0.1) is 0 Å². The molecule has 2 atom stereocenters. The molecule has 0 aliphatic heterocycles. The summed E-state index contributed by atoms with van der Waals surface area (Å²) in [6.07, 6.45) is -0.828. The van der Waals surface area contributed by atoms with Crippen LogP contribution in [-0.2, 0) is 38.7 Å². The molecule has 0 heterocycles. The number of alkyl carbamates (subject to hydrolysis) is 1. The minimum absolute atomic E-state index is 0.00904. The van der Waals surface area contributed by atoms with Gasteiger partial charge in [-0.2, -0.15) is 0 Å². The Balaban J connectivity index is 1.62. The molecule has 0 aliphatic rings. The number of rotatable bonds is 11. The predicted molar refractivity (Wildman–Crippen MR) is 131 cm³/mol. The van der Waals surface area contributed by atoms with E-state index in [4.69, 9.17) is 9.47 Å². The molecule has 0 spiro atoms. The first-order valence-corrected chi connectivity index (χ1v) is 11.3. The molecule has 0 saturated carbocycles. The van der Waals surface area contributed by atoms with E-state index in [0.29, 0.717) is 5.56 Å². The molecule has 36 heavy (non-hydrogen) atoms. The zero-order valence-electron chi connectivity index (χ0n) is 19.5. The number of nitrogens with one attached hydrogen (secondary N) is 2. The molecule has 0 radical (unpaired) electrons. The molecular weight excluding hydrogens is 464 g/mol. The van der Waals surface area contributed by atoms with E-state index >= 15 is 0 Å². The summed E-state index contributed by atoms with van der Waals surface area (Å²) >= 11 is 0. The highest BCUT2D eigenvalue weighted by Crippen LogP contribution is 2.13. The van der Waals surface area contributed by atoms with Crippen molar-refractivity contribution in [3.8, 4) is 5.75 Å². The maximum atomic E-state index is 12.9. The van der Waals surface area contributed by atoms with Gasteiger partial charge in [0.2, 0.25) is 5.91 Å². The lowest BCUT2D eigenvalue weighted by molar-refractivity contribution is -0.149. The summed E-state index contributed by atoms with van der Waals surface area (Å²) < 4.78 is 10.5. The van der Waals surface area contributed by atoms with Crippen LogP contribution in [0.5, 0.6) is 5.75 Å². The second-order valence-corrected chi connectivity index (χ2v) is 7.97. The van der Waals surface area contributed by atoms with Gasteiger partial charge in [-0.05, 0) is 28.8 Å². The smallest absolute Gasteiger partial charge is 0.408 e. The summed E-state index contributed by atoms with van der Waals surface area (Å²) in [6, 6.07) is 21.7. The van der Waals surface area contributed by atoms with Crippen molar-refractivity contribution in [2.75, 3.05) is 6.61 Å². The van der Waals surface area contributed by atoms with Gasteiger partial charge in [0.15, 0.2) is 0 Å². The number of aliphatic hydroxyl groups excluding tert-OH is 1. The number of carbonyl (C=O) groups is 3. The van der Waals surface area contributed by atoms with E-state index in [2.05, 4.69) is 10.6 Å². The van der Waals surface area contributed by atoms with Crippen LogP contribution in [0.4, 0.5) is 4.79 Å². The third kappa shape index (κ3) is 8.44. The number of esters is 1. The van der Waals surface area contributed by atoms with Crippen molar-refractivity contribution in [2.24, 2.45) is 0 Å². The van der Waals surface area contributed by atoms with Gasteiger partial charge in [0.1, 0.15) is 31.0 Å². The first-order valence-electron chi connectivity index (χ1n) is 11.3. The number of hydrogen-bond donors (Lipinski definition) is 4. The van der Waals surface area contributed by atoms with E-state index in [0.717, 1.165) is 11.1 Å². The van der Waals surface area contributed by atoms with Crippen LogP contribution in [0.1, 0.15) is 16.7 Å². The molecule has 9 heteroatoms. The molecule has 0 unspecified atom stereocenters. The third-order valence-electron chi connectivity index (χ3n) is 5.20. The molecule has 3 rings (SSSR count). The van der Waals surface area contributed by atoms with Crippen molar-refractivity contribution in [1.29, 1.82) is 0 Å². The summed E-state index contributed by atoms with van der Waals surface area (Å²) in [7, 11) is 0.